The number of carbonyl (C=O) groups excluding carboxylic acids is 10. The largest absolute Gasteiger partial charge is 0.459 e. The fourth-order valence-electron chi connectivity index (χ4n) is 22.5. The van der Waals surface area contributed by atoms with Crippen molar-refractivity contribution in [1.29, 1.82) is 0 Å². The Bertz CT molecular complexity index is 5790. The van der Waals surface area contributed by atoms with Gasteiger partial charge in [0.15, 0.2) is 55.3 Å². The van der Waals surface area contributed by atoms with Gasteiger partial charge in [-0.15, -0.1) is 0 Å². The number of aliphatic hydroxyl groups excluding tert-OH is 1. The summed E-state index contributed by atoms with van der Waals surface area (Å²) in [5, 5.41) is 12.4. The van der Waals surface area contributed by atoms with Gasteiger partial charge in [0.25, 0.3) is 0 Å². The van der Waals surface area contributed by atoms with Gasteiger partial charge in [0.2, 0.25) is 12.4 Å². The highest BCUT2D eigenvalue weighted by atomic mass is 16.8. The van der Waals surface area contributed by atoms with Crippen molar-refractivity contribution in [2.75, 3.05) is 19.8 Å². The van der Waals surface area contributed by atoms with E-state index in [1.165, 1.54) is 84.9 Å². The average molecular weight is 1850 g/mol. The number of ether oxygens (including phenoxy) is 15. The maximum absolute atomic E-state index is 17.1. The maximum atomic E-state index is 17.1. The second-order valence-electron chi connectivity index (χ2n) is 38.8. The summed E-state index contributed by atoms with van der Waals surface area (Å²) in [6, 6.07) is 71.8. The molecule has 9 aromatic carbocycles. The minimum Gasteiger partial charge on any atom is -0.459 e. The molecule has 136 heavy (non-hydrogen) atoms. The second-order valence-corrected chi connectivity index (χ2v) is 38.8. The van der Waals surface area contributed by atoms with E-state index in [9.17, 15) is 29.1 Å². The number of fused-ring (bicyclic) bond motifs is 7. The van der Waals surface area contributed by atoms with E-state index in [1.807, 2.05) is 0 Å². The van der Waals surface area contributed by atoms with Crippen LogP contribution in [-0.2, 0) is 75.8 Å². The maximum Gasteiger partial charge on any atom is 0.338 e. The predicted octanol–water partition coefficient (Wildman–Crippen LogP) is 17.6. The third-order valence-corrected chi connectivity index (χ3v) is 29.9. The van der Waals surface area contributed by atoms with Crippen LogP contribution < -0.4 is 0 Å². The fraction of sp³-hybridized carbons (Fsp3) is 0.400. The third kappa shape index (κ3) is 19.6. The molecule has 0 unspecified atom stereocenters. The van der Waals surface area contributed by atoms with Crippen molar-refractivity contribution in [3.63, 3.8) is 0 Å². The van der Waals surface area contributed by atoms with E-state index in [2.05, 4.69) is 54.5 Å². The molecule has 3 heterocycles. The van der Waals surface area contributed by atoms with Gasteiger partial charge >= 0.3 is 59.7 Å². The monoisotopic (exact) mass is 1850 g/mol. The van der Waals surface area contributed by atoms with Gasteiger partial charge in [0.05, 0.1) is 74.8 Å². The summed E-state index contributed by atoms with van der Waals surface area (Å²) in [7, 11) is 0. The first-order valence-electron chi connectivity index (χ1n) is 46.6. The summed E-state index contributed by atoms with van der Waals surface area (Å²) < 4.78 is 98.9. The highest BCUT2D eigenvalue weighted by Gasteiger charge is 2.71. The molecule has 5 aliphatic carbocycles. The molecule has 9 aromatic rings. The minimum absolute atomic E-state index is 0.000688. The highest BCUT2D eigenvalue weighted by Crippen LogP contribution is 2.76. The number of esters is 10. The summed E-state index contributed by atoms with van der Waals surface area (Å²) >= 11 is 0. The number of hydrogen-bond acceptors (Lipinski definition) is 26. The van der Waals surface area contributed by atoms with Crippen molar-refractivity contribution in [2.24, 2.45) is 50.2 Å². The van der Waals surface area contributed by atoms with Gasteiger partial charge in [0.1, 0.15) is 24.9 Å². The Morgan fingerprint density at radius 2 is 0.713 bits per heavy atom. The van der Waals surface area contributed by atoms with Crippen LogP contribution in [0.5, 0.6) is 0 Å². The molecule has 8 aliphatic rings. The molecule has 0 spiro atoms. The minimum atomic E-state index is -2.08. The molecule has 708 valence electrons. The SMILES string of the molecule is CC1(C)CC[C@]2(C(=O)O[C@@H]3O[C@H](CO[C@@H]4O[C@H](COC(=O)c5ccccc5)[C@@H](OC(=O)c5ccccc5)[C@H](OC(=O)c5ccccc5)[C@H]4OC(=O)c4ccccc4)[C@@H](OC(=O)c4ccccc4)[C@H](OC(=O)c4ccccc4)[C@H]3OC(=O)c3ccccc3)CC[C@]3(C)C(=CC[C@@H]4[C@@]5(C)CC[C@H](O[C@@H]6OC[C@@H](OC(=O)c7ccccc7)[C@H](OC(=O)c7ccccc7)[C@H]6O)C(C)(C)[C@@H]5CC[C@]43C)[C@@H]2C1. The molecule has 3 aliphatic heterocycles. The zero-order valence-corrected chi connectivity index (χ0v) is 76.8. The zero-order valence-electron chi connectivity index (χ0n) is 76.8. The molecule has 7 fully saturated rings. The molecule has 26 heteroatoms. The molecular weight excluding hydrogens is 1740 g/mol. The third-order valence-electron chi connectivity index (χ3n) is 29.9. The van der Waals surface area contributed by atoms with Gasteiger partial charge < -0.3 is 76.2 Å². The van der Waals surface area contributed by atoms with Crippen LogP contribution in [0.15, 0.2) is 285 Å². The van der Waals surface area contributed by atoms with Gasteiger partial charge in [-0.25, -0.2) is 43.2 Å². The quantitative estimate of drug-likeness (QED) is 0.0228. The number of carbonyl (C=O) groups is 10. The summed E-state index contributed by atoms with van der Waals surface area (Å²) in [5.74, 6) is -9.23. The summed E-state index contributed by atoms with van der Waals surface area (Å²) in [6.45, 7) is 14.2. The van der Waals surface area contributed by atoms with E-state index >= 15 is 24.0 Å². The smallest absolute Gasteiger partial charge is 0.338 e. The molecule has 0 radical (unpaired) electrons. The van der Waals surface area contributed by atoms with Gasteiger partial charge in [-0.3, -0.25) is 4.79 Å². The number of allylic oxidation sites excluding steroid dienone is 2. The standard InChI is InChI=1S/C110H112O26/c1-105(2)59-61-110(62-60-108(6)76(77(110)63-105)53-54-82-107(5)57-56-83(106(3,4)81(107)55-58-109(82,108)7)128-101-84(111)85(129-94(114)69-39-21-10-22-40-69)78(65-123-101)125-93(113)68-37-19-9-20-38-68)104(121)136-103-91(135-100(120)75-51-33-16-34-52-75)89(133-98(118)73-47-29-14-30-48-73)87(131-96(116)71-43-25-12-26-44-71)80(127-103)66-124-102-90(134-99(119)74-49-31-15-32-50-74)88(132-97(117)72-45-27-13-28-46-72)86(130-95(115)70-41-23-11-24-42-70)79(126-102)64-122-92(112)67-35-17-8-18-36-67/h8-53,77-91,101-103,111H,54-66H2,1-7H3/t77-,78+,79+,80+,81-,82+,83-,84+,85-,86+,87+,88-,89-,90+,91+,101-,102+,103-,107-,108+,109+,110-/m0/s1. The van der Waals surface area contributed by atoms with Crippen molar-refractivity contribution >= 4 is 59.7 Å². The normalized spacial score (nSPS) is 30.6. The molecule has 26 nitrogen and oxygen atoms in total. The number of rotatable bonds is 26. The van der Waals surface area contributed by atoms with Crippen molar-refractivity contribution in [1.82, 2.24) is 0 Å². The molecule has 0 bridgehead atoms. The predicted molar refractivity (Wildman–Crippen MR) is 491 cm³/mol. The Hall–Kier alpha value is -12.8. The Morgan fingerprint density at radius 1 is 0.353 bits per heavy atom. The molecule has 0 amide bonds. The van der Waals surface area contributed by atoms with E-state index in [0.29, 0.717) is 44.9 Å². The van der Waals surface area contributed by atoms with Crippen LogP contribution in [0.3, 0.4) is 0 Å². The van der Waals surface area contributed by atoms with Crippen molar-refractivity contribution < 1.29 is 124 Å². The van der Waals surface area contributed by atoms with Gasteiger partial charge in [-0.1, -0.05) is 224 Å². The Balaban J connectivity index is 0.718. The summed E-state index contributed by atoms with van der Waals surface area (Å²) in [4.78, 5) is 149. The van der Waals surface area contributed by atoms with Crippen LogP contribution in [0.4, 0.5) is 0 Å². The first-order chi connectivity index (χ1) is 65.5. The molecular formula is C110H112O26. The van der Waals surface area contributed by atoms with Gasteiger partial charge in [-0.05, 0) is 218 Å². The van der Waals surface area contributed by atoms with E-state index in [-0.39, 0.29) is 84.8 Å². The summed E-state index contributed by atoms with van der Waals surface area (Å²) in [5.41, 5.74) is -1.51. The van der Waals surface area contributed by atoms with Crippen LogP contribution in [0.2, 0.25) is 0 Å². The van der Waals surface area contributed by atoms with Crippen molar-refractivity contribution in [2.45, 2.75) is 205 Å². The molecule has 4 saturated carbocycles. The Morgan fingerprint density at radius 3 is 1.14 bits per heavy atom. The lowest BCUT2D eigenvalue weighted by Crippen LogP contribution is -2.66. The average Bonchev–Trinajstić information content (AvgIpc) is 0.672. The Kier molecular flexibility index (Phi) is 28.1. The zero-order chi connectivity index (χ0) is 95.3. The van der Waals surface area contributed by atoms with E-state index in [4.69, 9.17) is 71.1 Å². The second kappa shape index (κ2) is 40.2. The molecule has 17 rings (SSSR count). The molecule has 0 aromatic heterocycles. The number of aliphatic hydroxyl groups is 1. The number of hydrogen-bond donors (Lipinski definition) is 1. The van der Waals surface area contributed by atoms with Crippen LogP contribution >= 0.6 is 0 Å². The van der Waals surface area contributed by atoms with Crippen LogP contribution in [0.1, 0.15) is 206 Å². The lowest BCUT2D eigenvalue weighted by atomic mass is 9.33. The number of benzene rings is 9. The topological polar surface area (TPSA) is 329 Å². The lowest BCUT2D eigenvalue weighted by Gasteiger charge is -2.71. The first-order valence-corrected chi connectivity index (χ1v) is 46.6. The van der Waals surface area contributed by atoms with Crippen molar-refractivity contribution in [3.8, 4) is 0 Å². The van der Waals surface area contributed by atoms with E-state index in [0.717, 1.165) is 24.8 Å². The Labute approximate surface area is 789 Å². The molecule has 22 atom stereocenters. The first kappa shape index (κ1) is 94.9. The van der Waals surface area contributed by atoms with Gasteiger partial charge in [-0.2, -0.15) is 0 Å². The van der Waals surface area contributed by atoms with Crippen LogP contribution in [0.25, 0.3) is 0 Å². The van der Waals surface area contributed by atoms with Crippen LogP contribution in [-0.4, -0.2) is 177 Å². The molecule has 3 saturated heterocycles. The molecule has 1 N–H and O–H groups in total. The van der Waals surface area contributed by atoms with E-state index < -0.39 is 187 Å². The lowest BCUT2D eigenvalue weighted by molar-refractivity contribution is -0.325. The highest BCUT2D eigenvalue weighted by molar-refractivity contribution is 5.94. The van der Waals surface area contributed by atoms with E-state index in [1.54, 1.807) is 188 Å². The fourth-order valence-corrected chi connectivity index (χ4v) is 22.5. The summed E-state index contributed by atoms with van der Waals surface area (Å²) in [6.07, 6.45) is -16.8. The van der Waals surface area contributed by atoms with Crippen LogP contribution in [0, 0.1) is 50.2 Å². The van der Waals surface area contributed by atoms with Gasteiger partial charge in [0, 0.05) is 0 Å². The van der Waals surface area contributed by atoms with Crippen molar-refractivity contribution in [3.05, 3.63) is 335 Å².